The van der Waals surface area contributed by atoms with Crippen LogP contribution in [0.3, 0.4) is 0 Å². The maximum absolute atomic E-state index is 13.8. The number of rotatable bonds is 7. The molecule has 7 heteroatoms. The molecule has 212 valence electrons. The smallest absolute Gasteiger partial charge is 0.304 e. The van der Waals surface area contributed by atoms with Crippen molar-refractivity contribution in [2.75, 3.05) is 23.8 Å². The number of carbonyl (C=O) groups is 2. The zero-order valence-corrected chi connectivity index (χ0v) is 24.8. The quantitative estimate of drug-likeness (QED) is 0.203. The number of amides is 1. The van der Waals surface area contributed by atoms with Crippen molar-refractivity contribution in [3.8, 4) is 0 Å². The predicted molar refractivity (Wildman–Crippen MR) is 162 cm³/mol. The van der Waals surface area contributed by atoms with Crippen molar-refractivity contribution in [2.24, 2.45) is 5.84 Å². The van der Waals surface area contributed by atoms with Gasteiger partial charge in [0, 0.05) is 31.1 Å². The van der Waals surface area contributed by atoms with Gasteiger partial charge < -0.3 is 20.7 Å². The monoisotopic (exact) mass is 542 g/mol. The maximum Gasteiger partial charge on any atom is 0.304 e. The summed E-state index contributed by atoms with van der Waals surface area (Å²) in [4.78, 5) is 27.8. The summed E-state index contributed by atoms with van der Waals surface area (Å²) in [6, 6.07) is 10.2. The number of aliphatic carboxylic acids is 1. The predicted octanol–water partition coefficient (Wildman–Crippen LogP) is 5.62. The molecule has 0 saturated carbocycles. The minimum Gasteiger partial charge on any atom is -0.481 e. The number of hydrazine groups is 1. The van der Waals surface area contributed by atoms with Crippen molar-refractivity contribution >= 4 is 23.3 Å². The van der Waals surface area contributed by atoms with Gasteiger partial charge in [-0.25, -0.2) is 5.84 Å². The van der Waals surface area contributed by atoms with E-state index < -0.39 is 5.97 Å². The van der Waals surface area contributed by atoms with Gasteiger partial charge in [-0.1, -0.05) is 24.3 Å². The SMILES string of the molecule is CCN(N)c1ccc(C(CC(=O)O)c2cc(C)c3c(c2)CN(C(=O)c2c(C)c(C)cc(C)c2C)CC3)c(C)c1N. The van der Waals surface area contributed by atoms with E-state index in [-0.39, 0.29) is 18.2 Å². The molecule has 40 heavy (non-hydrogen) atoms. The molecule has 0 bridgehead atoms. The van der Waals surface area contributed by atoms with Crippen LogP contribution in [-0.4, -0.2) is 35.0 Å². The third-order valence-corrected chi connectivity index (χ3v) is 8.79. The van der Waals surface area contributed by atoms with Gasteiger partial charge in [-0.05, 0) is 117 Å². The van der Waals surface area contributed by atoms with Crippen LogP contribution in [0.1, 0.15) is 85.3 Å². The minimum atomic E-state index is -0.881. The summed E-state index contributed by atoms with van der Waals surface area (Å²) < 4.78 is 0. The molecule has 0 fully saturated rings. The van der Waals surface area contributed by atoms with E-state index in [1.807, 2.05) is 44.7 Å². The number of nitrogens with zero attached hydrogens (tertiary/aromatic N) is 2. The van der Waals surface area contributed by atoms with Crippen LogP contribution in [0.15, 0.2) is 30.3 Å². The van der Waals surface area contributed by atoms with Gasteiger partial charge in [-0.15, -0.1) is 0 Å². The average Bonchev–Trinajstić information content (AvgIpc) is 2.91. The van der Waals surface area contributed by atoms with Gasteiger partial charge in [-0.2, -0.15) is 0 Å². The first kappa shape index (κ1) is 29.2. The Morgan fingerprint density at radius 2 is 1.62 bits per heavy atom. The maximum atomic E-state index is 13.8. The molecule has 3 aromatic carbocycles. The van der Waals surface area contributed by atoms with Gasteiger partial charge in [0.25, 0.3) is 5.91 Å². The Bertz CT molecular complexity index is 1470. The first-order valence-electron chi connectivity index (χ1n) is 14.0. The molecule has 1 atom stereocenters. The van der Waals surface area contributed by atoms with Gasteiger partial charge in [-0.3, -0.25) is 9.59 Å². The number of nitrogen functional groups attached to an aromatic ring is 1. The van der Waals surface area contributed by atoms with E-state index in [0.717, 1.165) is 67.7 Å². The fraction of sp³-hybridized carbons (Fsp3) is 0.394. The molecule has 1 unspecified atom stereocenters. The van der Waals surface area contributed by atoms with Gasteiger partial charge in [0.1, 0.15) is 0 Å². The Morgan fingerprint density at radius 3 is 2.23 bits per heavy atom. The van der Waals surface area contributed by atoms with Gasteiger partial charge in [0.15, 0.2) is 0 Å². The molecule has 0 aromatic heterocycles. The van der Waals surface area contributed by atoms with Crippen molar-refractivity contribution in [1.29, 1.82) is 0 Å². The molecular weight excluding hydrogens is 500 g/mol. The molecule has 1 aliphatic heterocycles. The first-order chi connectivity index (χ1) is 18.8. The summed E-state index contributed by atoms with van der Waals surface area (Å²) >= 11 is 0. The lowest BCUT2D eigenvalue weighted by molar-refractivity contribution is -0.137. The number of benzene rings is 3. The molecule has 0 saturated heterocycles. The fourth-order valence-electron chi connectivity index (χ4n) is 6.13. The van der Waals surface area contributed by atoms with Gasteiger partial charge in [0.2, 0.25) is 0 Å². The second kappa shape index (κ2) is 11.3. The Hall–Kier alpha value is -3.84. The van der Waals surface area contributed by atoms with Gasteiger partial charge in [0.05, 0.1) is 17.8 Å². The second-order valence-corrected chi connectivity index (χ2v) is 11.2. The van der Waals surface area contributed by atoms with Crippen LogP contribution >= 0.6 is 0 Å². The first-order valence-corrected chi connectivity index (χ1v) is 14.0. The highest BCUT2D eigenvalue weighted by molar-refractivity contribution is 5.98. The molecule has 1 amide bonds. The van der Waals surface area contributed by atoms with Crippen LogP contribution in [0.2, 0.25) is 0 Å². The van der Waals surface area contributed by atoms with Crippen molar-refractivity contribution < 1.29 is 14.7 Å². The summed E-state index contributed by atoms with van der Waals surface area (Å²) in [5.41, 5.74) is 18.9. The summed E-state index contributed by atoms with van der Waals surface area (Å²) in [6.07, 6.45) is 0.700. The number of anilines is 2. The molecule has 1 aliphatic rings. The van der Waals surface area contributed by atoms with Crippen LogP contribution < -0.4 is 16.6 Å². The lowest BCUT2D eigenvalue weighted by Gasteiger charge is -2.32. The number of hydrogen-bond donors (Lipinski definition) is 3. The number of carboxylic acids is 1. The molecule has 4 rings (SSSR count). The summed E-state index contributed by atoms with van der Waals surface area (Å²) in [7, 11) is 0. The van der Waals surface area contributed by atoms with Crippen molar-refractivity contribution in [3.63, 3.8) is 0 Å². The highest BCUT2D eigenvalue weighted by Crippen LogP contribution is 2.38. The van der Waals surface area contributed by atoms with Crippen molar-refractivity contribution in [1.82, 2.24) is 4.90 Å². The number of nitrogens with two attached hydrogens (primary N) is 2. The van der Waals surface area contributed by atoms with Crippen LogP contribution in [0.5, 0.6) is 0 Å². The highest BCUT2D eigenvalue weighted by Gasteiger charge is 2.29. The van der Waals surface area contributed by atoms with Crippen LogP contribution in [-0.2, 0) is 17.8 Å². The Morgan fingerprint density at radius 1 is 0.975 bits per heavy atom. The van der Waals surface area contributed by atoms with E-state index in [2.05, 4.69) is 39.0 Å². The molecule has 3 aromatic rings. The average molecular weight is 543 g/mol. The number of fused-ring (bicyclic) bond motifs is 1. The molecule has 0 aliphatic carbocycles. The molecule has 0 radical (unpaired) electrons. The number of hydrogen-bond acceptors (Lipinski definition) is 5. The zero-order chi connectivity index (χ0) is 29.5. The minimum absolute atomic E-state index is 0.0547. The zero-order valence-electron chi connectivity index (χ0n) is 24.8. The molecule has 0 spiro atoms. The highest BCUT2D eigenvalue weighted by atomic mass is 16.4. The van der Waals surface area contributed by atoms with E-state index in [1.54, 1.807) is 5.01 Å². The standard InChI is InChI=1S/C33H42N4O3/c1-8-37(35)29-10-9-27(23(7)32(29)34)28(16-30(38)39)24-14-20(4)26-11-12-36(17-25(26)15-24)33(40)31-21(5)18(2)13-19(3)22(31)6/h9-10,13-15,28H,8,11-12,16-17,34-35H2,1-7H3,(H,38,39). The fourth-order valence-corrected chi connectivity index (χ4v) is 6.13. The second-order valence-electron chi connectivity index (χ2n) is 11.2. The van der Waals surface area contributed by atoms with Crippen molar-refractivity contribution in [2.45, 2.75) is 73.8 Å². The molecular formula is C33H42N4O3. The van der Waals surface area contributed by atoms with Crippen LogP contribution in [0.25, 0.3) is 0 Å². The third-order valence-electron chi connectivity index (χ3n) is 8.79. The number of aryl methyl sites for hydroxylation is 3. The van der Waals surface area contributed by atoms with E-state index in [9.17, 15) is 14.7 Å². The largest absolute Gasteiger partial charge is 0.481 e. The third kappa shape index (κ3) is 5.30. The van der Waals surface area contributed by atoms with E-state index in [1.165, 1.54) is 5.56 Å². The molecule has 5 N–H and O–H groups in total. The topological polar surface area (TPSA) is 113 Å². The number of carboxylic acid groups (broad SMARTS) is 1. The summed E-state index contributed by atoms with van der Waals surface area (Å²) in [6.45, 7) is 15.8. The van der Waals surface area contributed by atoms with Crippen LogP contribution in [0.4, 0.5) is 11.4 Å². The number of carbonyl (C=O) groups excluding carboxylic acids is 1. The Kier molecular flexibility index (Phi) is 8.26. The van der Waals surface area contributed by atoms with Gasteiger partial charge >= 0.3 is 5.97 Å². The van der Waals surface area contributed by atoms with Crippen LogP contribution in [0, 0.1) is 41.5 Å². The van der Waals surface area contributed by atoms with E-state index in [0.29, 0.717) is 25.3 Å². The Labute approximate surface area is 237 Å². The lowest BCUT2D eigenvalue weighted by Crippen LogP contribution is -2.37. The molecule has 1 heterocycles. The summed E-state index contributed by atoms with van der Waals surface area (Å²) in [5.74, 6) is 4.91. The van der Waals surface area contributed by atoms with Crippen molar-refractivity contribution in [3.05, 3.63) is 91.5 Å². The Balaban J connectivity index is 1.75. The summed E-state index contributed by atoms with van der Waals surface area (Å²) in [5, 5.41) is 11.5. The van der Waals surface area contributed by atoms with E-state index in [4.69, 9.17) is 11.6 Å². The normalized spacial score (nSPS) is 13.7. The van der Waals surface area contributed by atoms with E-state index >= 15 is 0 Å². The lowest BCUT2D eigenvalue weighted by atomic mass is 9.82. The molecule has 7 nitrogen and oxygen atoms in total.